The molecule has 0 radical (unpaired) electrons. The van der Waals surface area contributed by atoms with Crippen molar-refractivity contribution in [3.8, 4) is 0 Å². The van der Waals surface area contributed by atoms with Gasteiger partial charge < -0.3 is 19.7 Å². The molecule has 0 aromatic carbocycles. The zero-order chi connectivity index (χ0) is 25.1. The molecule has 11 heteroatoms. The van der Waals surface area contributed by atoms with Crippen molar-refractivity contribution in [3.63, 3.8) is 0 Å². The van der Waals surface area contributed by atoms with Crippen LogP contribution < -0.4 is 0 Å². The number of carbonyl (C=O) groups excluding carboxylic acids is 2. The Labute approximate surface area is 212 Å². The maximum absolute atomic E-state index is 11.3. The van der Waals surface area contributed by atoms with Crippen LogP contribution in [0.4, 0.5) is 0 Å². The molecule has 2 saturated carbocycles. The smallest absolute Gasteiger partial charge is 0.327 e. The van der Waals surface area contributed by atoms with Gasteiger partial charge in [0.1, 0.15) is 11.9 Å². The van der Waals surface area contributed by atoms with Gasteiger partial charge in [-0.25, -0.2) is 0 Å². The highest BCUT2D eigenvalue weighted by atomic mass is 79.9. The van der Waals surface area contributed by atoms with E-state index >= 15 is 0 Å². The number of H-pyrrole nitrogens is 1. The largest absolute Gasteiger partial charge is 0.468 e. The van der Waals surface area contributed by atoms with Crippen molar-refractivity contribution in [2.45, 2.75) is 82.0 Å². The Hall–Kier alpha value is -2.24. The van der Waals surface area contributed by atoms with Crippen LogP contribution in [0.1, 0.15) is 96.1 Å². The number of hydrogen-bond acceptors (Lipinski definition) is 8. The molecule has 0 amide bonds. The van der Waals surface area contributed by atoms with Gasteiger partial charge in [0.05, 0.1) is 44.5 Å². The molecule has 6 rings (SSSR count). The van der Waals surface area contributed by atoms with E-state index in [9.17, 15) is 14.7 Å². The van der Waals surface area contributed by atoms with Gasteiger partial charge in [-0.1, -0.05) is 15.9 Å². The number of aliphatic hydroxyl groups excluding tert-OH is 2. The molecule has 4 aliphatic carbocycles. The van der Waals surface area contributed by atoms with Gasteiger partial charge in [-0.05, 0) is 50.4 Å². The summed E-state index contributed by atoms with van der Waals surface area (Å²) >= 11 is 2.90. The van der Waals surface area contributed by atoms with Crippen molar-refractivity contribution < 1.29 is 29.3 Å². The van der Waals surface area contributed by atoms with Gasteiger partial charge in [-0.15, -0.1) is 0 Å². The molecule has 2 fully saturated rings. The zero-order valence-corrected chi connectivity index (χ0v) is 21.7. The second kappa shape index (κ2) is 11.2. The highest BCUT2D eigenvalue weighted by Crippen LogP contribution is 2.54. The topological polar surface area (TPSA) is 140 Å². The van der Waals surface area contributed by atoms with E-state index in [4.69, 9.17) is 5.11 Å². The molecule has 4 unspecified atom stereocenters. The van der Waals surface area contributed by atoms with E-state index in [1.54, 1.807) is 4.68 Å². The van der Waals surface area contributed by atoms with Crippen LogP contribution in [0.2, 0.25) is 0 Å². The summed E-state index contributed by atoms with van der Waals surface area (Å²) in [5.41, 5.74) is 6.65. The second-order valence-corrected chi connectivity index (χ2v) is 9.98. The first-order chi connectivity index (χ1) is 16.9. The van der Waals surface area contributed by atoms with Gasteiger partial charge in [0, 0.05) is 28.7 Å². The third-order valence-corrected chi connectivity index (χ3v) is 8.08. The van der Waals surface area contributed by atoms with Gasteiger partial charge >= 0.3 is 11.9 Å². The van der Waals surface area contributed by atoms with Crippen molar-refractivity contribution in [1.29, 1.82) is 0 Å². The number of aromatic amines is 1. The van der Waals surface area contributed by atoms with E-state index in [0.717, 1.165) is 23.5 Å². The molecule has 3 N–H and O–H groups in total. The molecule has 2 heterocycles. The van der Waals surface area contributed by atoms with Gasteiger partial charge in [0.2, 0.25) is 0 Å². The number of nitrogens with one attached hydrogen (secondary N) is 1. The normalized spacial score (nSPS) is 24.1. The van der Waals surface area contributed by atoms with Crippen molar-refractivity contribution in [1.82, 2.24) is 20.0 Å². The number of rotatable bonds is 5. The Morgan fingerprint density at radius 3 is 2.20 bits per heavy atom. The zero-order valence-electron chi connectivity index (χ0n) is 20.1. The molecule has 4 bridgehead atoms. The average molecular weight is 553 g/mol. The van der Waals surface area contributed by atoms with Crippen molar-refractivity contribution in [2.75, 3.05) is 19.5 Å². The fourth-order valence-electron chi connectivity index (χ4n) is 6.17. The molecule has 0 aliphatic heterocycles. The number of ether oxygens (including phenoxy) is 2. The van der Waals surface area contributed by atoms with Crippen LogP contribution in [0.15, 0.2) is 0 Å². The second-order valence-electron chi connectivity index (χ2n) is 9.42. The third kappa shape index (κ3) is 5.03. The summed E-state index contributed by atoms with van der Waals surface area (Å²) in [4.78, 5) is 21.3. The maximum atomic E-state index is 11.3. The van der Waals surface area contributed by atoms with Crippen molar-refractivity contribution in [3.05, 3.63) is 33.9 Å². The predicted octanol–water partition coefficient (Wildman–Crippen LogP) is 2.73. The van der Waals surface area contributed by atoms with Crippen LogP contribution in [0.3, 0.4) is 0 Å². The number of alkyl halides is 1. The summed E-state index contributed by atoms with van der Waals surface area (Å²) in [5, 5.41) is 30.2. The number of aromatic nitrogens is 4. The first-order valence-electron chi connectivity index (χ1n) is 12.0. The van der Waals surface area contributed by atoms with Crippen LogP contribution in [0.5, 0.6) is 0 Å². The number of carbonyl (C=O) groups is 2. The quantitative estimate of drug-likeness (QED) is 0.380. The first kappa shape index (κ1) is 25.8. The van der Waals surface area contributed by atoms with Crippen LogP contribution in [0, 0.1) is 0 Å². The van der Waals surface area contributed by atoms with Crippen LogP contribution in [0.25, 0.3) is 0 Å². The number of methoxy groups -OCH3 is 2. The van der Waals surface area contributed by atoms with Gasteiger partial charge in [-0.3, -0.25) is 19.4 Å². The highest BCUT2D eigenvalue weighted by Gasteiger charge is 2.42. The van der Waals surface area contributed by atoms with Gasteiger partial charge in [-0.2, -0.15) is 10.2 Å². The van der Waals surface area contributed by atoms with Crippen LogP contribution in [-0.4, -0.2) is 61.7 Å². The lowest BCUT2D eigenvalue weighted by atomic mass is 9.95. The maximum Gasteiger partial charge on any atom is 0.327 e. The Bertz CT molecular complexity index is 1060. The number of aliphatic hydroxyl groups is 2. The van der Waals surface area contributed by atoms with E-state index in [-0.39, 0.29) is 37.0 Å². The summed E-state index contributed by atoms with van der Waals surface area (Å²) in [7, 11) is 2.73. The van der Waals surface area contributed by atoms with Crippen LogP contribution in [-0.2, 0) is 38.8 Å². The molecule has 10 nitrogen and oxygen atoms in total. The van der Waals surface area contributed by atoms with E-state index in [0.29, 0.717) is 23.7 Å². The van der Waals surface area contributed by atoms with E-state index in [1.165, 1.54) is 63.1 Å². The molecule has 192 valence electrons. The summed E-state index contributed by atoms with van der Waals surface area (Å²) in [6.45, 7) is 0.229. The first-order valence-corrected chi connectivity index (χ1v) is 13.1. The Kier molecular flexibility index (Phi) is 8.28. The lowest BCUT2D eigenvalue weighted by Gasteiger charge is -2.13. The molecule has 2 aromatic rings. The Morgan fingerprint density at radius 2 is 1.60 bits per heavy atom. The highest BCUT2D eigenvalue weighted by molar-refractivity contribution is 9.09. The van der Waals surface area contributed by atoms with Crippen molar-refractivity contribution in [2.24, 2.45) is 0 Å². The molecular weight excluding hydrogens is 520 g/mol. The predicted molar refractivity (Wildman–Crippen MR) is 129 cm³/mol. The minimum Gasteiger partial charge on any atom is -0.468 e. The minimum absolute atomic E-state index is 0.0419. The summed E-state index contributed by atoms with van der Waals surface area (Å²) < 4.78 is 10.6. The lowest BCUT2D eigenvalue weighted by Crippen LogP contribution is -2.16. The van der Waals surface area contributed by atoms with E-state index in [2.05, 4.69) is 40.7 Å². The molecule has 0 spiro atoms. The van der Waals surface area contributed by atoms with Crippen LogP contribution >= 0.6 is 15.9 Å². The number of fused-ring (bicyclic) bond motifs is 10. The molecule has 4 aliphatic rings. The summed E-state index contributed by atoms with van der Waals surface area (Å²) in [6.07, 6.45) is 7.39. The molecule has 0 saturated heterocycles. The average Bonchev–Trinajstić information content (AvgIpc) is 3.72. The Morgan fingerprint density at radius 1 is 0.971 bits per heavy atom. The molecular formula is C24H33BrN4O6. The Balaban J connectivity index is 0.000000140. The molecule has 35 heavy (non-hydrogen) atoms. The summed E-state index contributed by atoms with van der Waals surface area (Å²) in [5.74, 6) is 1.93. The number of halogens is 1. The molecule has 4 atom stereocenters. The summed E-state index contributed by atoms with van der Waals surface area (Å²) in [6, 6.07) is 0. The molecule has 2 aromatic heterocycles. The third-order valence-electron chi connectivity index (χ3n) is 7.63. The van der Waals surface area contributed by atoms with Crippen molar-refractivity contribution >= 4 is 27.9 Å². The fraction of sp³-hybridized carbons (Fsp3) is 0.667. The monoisotopic (exact) mass is 552 g/mol. The number of nitrogens with zero attached hydrogens (tertiary/aromatic N) is 3. The van der Waals surface area contributed by atoms with Gasteiger partial charge in [0.25, 0.3) is 0 Å². The van der Waals surface area contributed by atoms with Gasteiger partial charge in [0.15, 0.2) is 0 Å². The van der Waals surface area contributed by atoms with E-state index < -0.39 is 0 Å². The number of hydrogen-bond donors (Lipinski definition) is 3. The minimum atomic E-state index is -0.289. The number of esters is 2. The fourth-order valence-corrected chi connectivity index (χ4v) is 6.40. The SMILES string of the molecule is COC(=O)CBr.COC(=O)Cn1nc(CO)c2c1C1CCC2C1.OCc1[nH]nc2c1C1CCC2C1. The standard InChI is InChI=1S/C12H16N2O3.C9H12N2O.C3H5BrO2/c1-17-10(16)5-14-12-8-3-2-7(4-8)11(12)9(6-15)13-14;12-4-7-8-5-1-2-6(3-5)9(8)11-10-7;1-6-3(5)2-4/h7-8,15H,2-6H2,1H3;5-6,12H,1-4H2,(H,10,11);2H2,1H3. The lowest BCUT2D eigenvalue weighted by molar-refractivity contribution is -0.141. The van der Waals surface area contributed by atoms with E-state index in [1.807, 2.05) is 0 Å².